The summed E-state index contributed by atoms with van der Waals surface area (Å²) in [5.41, 5.74) is 2.49. The monoisotopic (exact) mass is 369 g/mol. The number of rotatable bonds is 7. The van der Waals surface area contributed by atoms with E-state index in [1.165, 1.54) is 0 Å². The van der Waals surface area contributed by atoms with Gasteiger partial charge in [-0.2, -0.15) is 0 Å². The number of benzene rings is 1. The molecule has 2 aliphatic rings. The summed E-state index contributed by atoms with van der Waals surface area (Å²) in [7, 11) is 0. The second-order valence-corrected chi connectivity index (χ2v) is 7.25. The van der Waals surface area contributed by atoms with Crippen LogP contribution in [0.2, 0.25) is 0 Å². The van der Waals surface area contributed by atoms with Crippen LogP contribution in [0.3, 0.4) is 0 Å². The molecule has 144 valence electrons. The first-order chi connectivity index (χ1) is 13.1. The van der Waals surface area contributed by atoms with Crippen LogP contribution in [0.5, 0.6) is 0 Å². The fourth-order valence-electron chi connectivity index (χ4n) is 3.69. The second kappa shape index (κ2) is 9.01. The number of carbonyl (C=O) groups excluding carboxylic acids is 1. The predicted octanol–water partition coefficient (Wildman–Crippen LogP) is 3.93. The summed E-state index contributed by atoms with van der Waals surface area (Å²) >= 11 is 0. The molecule has 6 nitrogen and oxygen atoms in total. The fraction of sp³-hybridized carbons (Fsp3) is 0.571. The average Bonchev–Trinajstić information content (AvgIpc) is 3.11. The Balaban J connectivity index is 1.40. The molecule has 3 rings (SSSR count). The van der Waals surface area contributed by atoms with Gasteiger partial charge >= 0.3 is 5.97 Å². The van der Waals surface area contributed by atoms with Crippen molar-refractivity contribution < 1.29 is 14.4 Å². The van der Waals surface area contributed by atoms with Crippen LogP contribution in [-0.4, -0.2) is 48.4 Å². The lowest BCUT2D eigenvalue weighted by molar-refractivity contribution is -0.143. The highest BCUT2D eigenvalue weighted by atomic mass is 16.7. The van der Waals surface area contributed by atoms with Crippen molar-refractivity contribution >= 4 is 17.4 Å². The molecule has 0 aromatic heterocycles. The van der Waals surface area contributed by atoms with E-state index >= 15 is 0 Å². The molecule has 0 N–H and O–H groups in total. The summed E-state index contributed by atoms with van der Waals surface area (Å²) in [5, 5.41) is 4.34. The van der Waals surface area contributed by atoms with Crippen molar-refractivity contribution in [3.05, 3.63) is 41.2 Å². The molecule has 0 aliphatic carbocycles. The van der Waals surface area contributed by atoms with E-state index < -0.39 is 0 Å². The van der Waals surface area contributed by atoms with Gasteiger partial charge in [0.2, 0.25) is 0 Å². The minimum atomic E-state index is -0.171. The summed E-state index contributed by atoms with van der Waals surface area (Å²) in [6.45, 7) is 12.3. The molecule has 0 bridgehead atoms. The molecular weight excluding hydrogens is 342 g/mol. The van der Waals surface area contributed by atoms with Crippen LogP contribution in [0, 0.1) is 6.57 Å². The Bertz CT molecular complexity index is 713. The Kier molecular flexibility index (Phi) is 6.46. The topological polar surface area (TPSA) is 55.5 Å². The molecule has 0 radical (unpaired) electrons. The number of piperidine rings is 1. The molecule has 1 aromatic carbocycles. The van der Waals surface area contributed by atoms with Crippen molar-refractivity contribution in [1.29, 1.82) is 0 Å². The molecule has 2 aliphatic heterocycles. The molecule has 0 unspecified atom stereocenters. The van der Waals surface area contributed by atoms with Crippen molar-refractivity contribution in [1.82, 2.24) is 4.90 Å². The van der Waals surface area contributed by atoms with Gasteiger partial charge in [0, 0.05) is 38.8 Å². The number of carbonyl (C=O) groups is 1. The Labute approximate surface area is 160 Å². The van der Waals surface area contributed by atoms with Gasteiger partial charge in [-0.05, 0) is 31.9 Å². The Morgan fingerprint density at radius 3 is 2.70 bits per heavy atom. The summed E-state index contributed by atoms with van der Waals surface area (Å²) in [6, 6.07) is 7.56. The standard InChI is InChI=1S/C21H27N3O3/c1-3-26-20(25)6-4-5-13-24-14-11-21(12-15-24)16-19(23-27-21)17-7-9-18(22-2)10-8-17/h7-10H,3-6,11-16H2,1H3. The summed E-state index contributed by atoms with van der Waals surface area (Å²) in [6.07, 6.45) is 5.18. The van der Waals surface area contributed by atoms with Crippen LogP contribution < -0.4 is 0 Å². The van der Waals surface area contributed by atoms with Gasteiger partial charge in [0.15, 0.2) is 5.69 Å². The van der Waals surface area contributed by atoms with E-state index in [2.05, 4.69) is 14.9 Å². The third-order valence-electron chi connectivity index (χ3n) is 5.35. The minimum absolute atomic E-state index is 0.0939. The third-order valence-corrected chi connectivity index (χ3v) is 5.35. The maximum atomic E-state index is 11.4. The number of esters is 1. The van der Waals surface area contributed by atoms with Crippen molar-refractivity contribution in [2.24, 2.45) is 5.16 Å². The van der Waals surface area contributed by atoms with Gasteiger partial charge in [0.25, 0.3) is 0 Å². The lowest BCUT2D eigenvalue weighted by Crippen LogP contribution is -2.44. The molecule has 1 aromatic rings. The first-order valence-electron chi connectivity index (χ1n) is 9.75. The molecule has 0 saturated carbocycles. The van der Waals surface area contributed by atoms with Gasteiger partial charge in [-0.1, -0.05) is 29.4 Å². The molecular formula is C21H27N3O3. The highest BCUT2D eigenvalue weighted by Crippen LogP contribution is 2.36. The highest BCUT2D eigenvalue weighted by Gasteiger charge is 2.42. The molecule has 6 heteroatoms. The van der Waals surface area contributed by atoms with Crippen molar-refractivity contribution in [3.8, 4) is 0 Å². The second-order valence-electron chi connectivity index (χ2n) is 7.25. The molecule has 1 saturated heterocycles. The number of nitrogens with zero attached hydrogens (tertiary/aromatic N) is 3. The fourth-order valence-corrected chi connectivity index (χ4v) is 3.69. The summed E-state index contributed by atoms with van der Waals surface area (Å²) < 4.78 is 4.96. The van der Waals surface area contributed by atoms with Gasteiger partial charge in [-0.25, -0.2) is 4.85 Å². The van der Waals surface area contributed by atoms with E-state index in [1.54, 1.807) is 0 Å². The number of hydrogen-bond donors (Lipinski definition) is 0. The average molecular weight is 369 g/mol. The van der Waals surface area contributed by atoms with Gasteiger partial charge in [0.05, 0.1) is 18.9 Å². The Morgan fingerprint density at radius 1 is 1.30 bits per heavy atom. The zero-order chi connectivity index (χ0) is 19.1. The lowest BCUT2D eigenvalue weighted by Gasteiger charge is -2.37. The zero-order valence-electron chi connectivity index (χ0n) is 15.9. The molecule has 27 heavy (non-hydrogen) atoms. The van der Waals surface area contributed by atoms with Crippen LogP contribution in [0.1, 0.15) is 51.0 Å². The van der Waals surface area contributed by atoms with Gasteiger partial charge in [0.1, 0.15) is 5.60 Å². The summed E-state index contributed by atoms with van der Waals surface area (Å²) in [4.78, 5) is 23.1. The quantitative estimate of drug-likeness (QED) is 0.415. The van der Waals surface area contributed by atoms with Gasteiger partial charge in [-0.3, -0.25) is 4.79 Å². The van der Waals surface area contributed by atoms with E-state index in [-0.39, 0.29) is 11.6 Å². The van der Waals surface area contributed by atoms with Crippen LogP contribution in [0.25, 0.3) is 4.85 Å². The van der Waals surface area contributed by atoms with Crippen molar-refractivity contribution in [2.45, 2.75) is 51.0 Å². The minimum Gasteiger partial charge on any atom is -0.466 e. The zero-order valence-corrected chi connectivity index (χ0v) is 15.9. The van der Waals surface area contributed by atoms with Gasteiger partial charge in [-0.15, -0.1) is 0 Å². The molecule has 0 atom stereocenters. The van der Waals surface area contributed by atoms with Crippen LogP contribution >= 0.6 is 0 Å². The smallest absolute Gasteiger partial charge is 0.305 e. The molecule has 2 heterocycles. The first kappa shape index (κ1) is 19.4. The number of oxime groups is 1. The summed E-state index contributed by atoms with van der Waals surface area (Å²) in [5.74, 6) is -0.0939. The highest BCUT2D eigenvalue weighted by molar-refractivity contribution is 6.01. The largest absolute Gasteiger partial charge is 0.466 e. The van der Waals surface area contributed by atoms with E-state index in [0.717, 1.165) is 63.0 Å². The first-order valence-corrected chi connectivity index (χ1v) is 9.75. The molecule has 1 fully saturated rings. The SMILES string of the molecule is [C-]#[N+]c1ccc(C2=NOC3(CCN(CCCCC(=O)OCC)CC3)C2)cc1. The van der Waals surface area contributed by atoms with Crippen LogP contribution in [0.15, 0.2) is 29.4 Å². The number of hydrogen-bond acceptors (Lipinski definition) is 5. The van der Waals surface area contributed by atoms with E-state index in [4.69, 9.17) is 16.1 Å². The third kappa shape index (κ3) is 5.08. The van der Waals surface area contributed by atoms with Crippen LogP contribution in [0.4, 0.5) is 5.69 Å². The maximum absolute atomic E-state index is 11.4. The number of ether oxygens (including phenoxy) is 1. The molecule has 0 amide bonds. The Morgan fingerprint density at radius 2 is 2.04 bits per heavy atom. The van der Waals surface area contributed by atoms with E-state index in [1.807, 2.05) is 31.2 Å². The van der Waals surface area contributed by atoms with E-state index in [0.29, 0.717) is 18.7 Å². The number of unbranched alkanes of at least 4 members (excludes halogenated alkanes) is 1. The number of likely N-dealkylation sites (tertiary alicyclic amines) is 1. The lowest BCUT2D eigenvalue weighted by atomic mass is 9.85. The maximum Gasteiger partial charge on any atom is 0.305 e. The molecule has 1 spiro atoms. The Hall–Kier alpha value is -2.39. The van der Waals surface area contributed by atoms with Gasteiger partial charge < -0.3 is 14.5 Å². The predicted molar refractivity (Wildman–Crippen MR) is 104 cm³/mol. The van der Waals surface area contributed by atoms with Crippen molar-refractivity contribution in [2.75, 3.05) is 26.2 Å². The normalized spacial score (nSPS) is 18.6. The van der Waals surface area contributed by atoms with Crippen molar-refractivity contribution in [3.63, 3.8) is 0 Å². The van der Waals surface area contributed by atoms with E-state index in [9.17, 15) is 4.79 Å². The van der Waals surface area contributed by atoms with Crippen LogP contribution in [-0.2, 0) is 14.4 Å².